The Kier molecular flexibility index (Phi) is 6.69. The summed E-state index contributed by atoms with van der Waals surface area (Å²) in [6.45, 7) is 9.35. The molecule has 2 aliphatic rings. The van der Waals surface area contributed by atoms with Gasteiger partial charge >= 0.3 is 0 Å². The van der Waals surface area contributed by atoms with Crippen molar-refractivity contribution in [1.29, 1.82) is 0 Å². The first kappa shape index (κ1) is 21.3. The molecule has 0 N–H and O–H groups in total. The smallest absolute Gasteiger partial charge is 0.169 e. The lowest BCUT2D eigenvalue weighted by molar-refractivity contribution is -0.217. The van der Waals surface area contributed by atoms with E-state index < -0.39 is 5.79 Å². The van der Waals surface area contributed by atoms with Gasteiger partial charge in [0.1, 0.15) is 18.3 Å². The highest BCUT2D eigenvalue weighted by atomic mass is 16.8. The number of hydrogen-bond acceptors (Lipinski definition) is 4. The minimum atomic E-state index is -0.544. The number of hydrogen-bond donors (Lipinski definition) is 0. The maximum atomic E-state index is 6.53. The van der Waals surface area contributed by atoms with Crippen LogP contribution in [0.1, 0.15) is 43.7 Å². The Labute approximate surface area is 179 Å². The molecule has 4 heteroatoms. The molecule has 5 atom stereocenters. The Hall–Kier alpha value is -1.98. The molecule has 160 valence electrons. The molecule has 0 saturated carbocycles. The maximum Gasteiger partial charge on any atom is 0.169 e. The van der Waals surface area contributed by atoms with Gasteiger partial charge in [-0.25, -0.2) is 0 Å². The van der Waals surface area contributed by atoms with Gasteiger partial charge in [0.05, 0.1) is 19.3 Å². The van der Waals surface area contributed by atoms with Gasteiger partial charge in [0.25, 0.3) is 0 Å². The fourth-order valence-corrected chi connectivity index (χ4v) is 4.56. The fourth-order valence-electron chi connectivity index (χ4n) is 4.56. The summed E-state index contributed by atoms with van der Waals surface area (Å²) in [5, 5.41) is 0. The lowest BCUT2D eigenvalue weighted by atomic mass is 9.89. The van der Waals surface area contributed by atoms with Gasteiger partial charge in [-0.05, 0) is 24.0 Å². The molecule has 0 amide bonds. The number of benzene rings is 2. The van der Waals surface area contributed by atoms with Crippen LogP contribution in [0.5, 0.6) is 0 Å². The highest BCUT2D eigenvalue weighted by molar-refractivity contribution is 5.27. The zero-order chi connectivity index (χ0) is 21.0. The van der Waals surface area contributed by atoms with Gasteiger partial charge in [-0.15, -0.1) is 6.58 Å². The predicted molar refractivity (Wildman–Crippen MR) is 117 cm³/mol. The van der Waals surface area contributed by atoms with Crippen molar-refractivity contribution in [3.8, 4) is 0 Å². The average molecular weight is 409 g/mol. The van der Waals surface area contributed by atoms with Gasteiger partial charge in [-0.1, -0.05) is 80.6 Å². The number of ether oxygens (including phenoxy) is 4. The van der Waals surface area contributed by atoms with Crippen LogP contribution in [-0.4, -0.2) is 36.8 Å². The van der Waals surface area contributed by atoms with Gasteiger partial charge in [0.2, 0.25) is 0 Å². The van der Waals surface area contributed by atoms with Crippen molar-refractivity contribution in [1.82, 2.24) is 0 Å². The van der Waals surface area contributed by atoms with Crippen LogP contribution in [0.3, 0.4) is 0 Å². The highest BCUT2D eigenvalue weighted by Crippen LogP contribution is 2.46. The Bertz CT molecular complexity index is 802. The van der Waals surface area contributed by atoms with E-state index in [0.29, 0.717) is 13.2 Å². The SMILES string of the molecule is C=CC(c1ccccc1)[C@@H]1O[C@H](COCc2ccccc2)[C@H]2OC(CC)(CC)O[C@H]21. The standard InChI is InChI=1S/C26H32O4/c1-4-21(20-15-11-8-12-16-20)23-25-24(29-26(5-2,6-3)30-25)22(28-23)18-27-17-19-13-9-7-10-14-19/h4,7-16,21-25H,1,5-6,17-18H2,2-3H3/t21?,22-,23+,24-,25+/m1/s1. The third kappa shape index (κ3) is 4.23. The zero-order valence-electron chi connectivity index (χ0n) is 17.9. The Morgan fingerprint density at radius 3 is 2.23 bits per heavy atom. The third-order valence-corrected chi connectivity index (χ3v) is 6.31. The molecule has 2 fully saturated rings. The topological polar surface area (TPSA) is 36.9 Å². The van der Waals surface area contributed by atoms with E-state index in [0.717, 1.165) is 18.4 Å². The lowest BCUT2D eigenvalue weighted by Crippen LogP contribution is -2.36. The summed E-state index contributed by atoms with van der Waals surface area (Å²) in [7, 11) is 0. The first-order valence-corrected chi connectivity index (χ1v) is 11.0. The van der Waals surface area contributed by atoms with E-state index in [1.54, 1.807) is 0 Å². The van der Waals surface area contributed by atoms with Crippen LogP contribution >= 0.6 is 0 Å². The fraction of sp³-hybridized carbons (Fsp3) is 0.462. The van der Waals surface area contributed by atoms with E-state index in [2.05, 4.69) is 44.7 Å². The monoisotopic (exact) mass is 408 g/mol. The van der Waals surface area contributed by atoms with Gasteiger partial charge < -0.3 is 18.9 Å². The van der Waals surface area contributed by atoms with Crippen molar-refractivity contribution < 1.29 is 18.9 Å². The Morgan fingerprint density at radius 2 is 1.60 bits per heavy atom. The van der Waals surface area contributed by atoms with Crippen molar-refractivity contribution in [3.63, 3.8) is 0 Å². The van der Waals surface area contributed by atoms with Gasteiger partial charge in [-0.3, -0.25) is 0 Å². The molecule has 2 aromatic carbocycles. The molecule has 0 spiro atoms. The van der Waals surface area contributed by atoms with Crippen molar-refractivity contribution >= 4 is 0 Å². The van der Waals surface area contributed by atoms with Crippen molar-refractivity contribution in [2.75, 3.05) is 6.61 Å². The molecule has 2 aromatic rings. The van der Waals surface area contributed by atoms with Crippen LogP contribution in [0, 0.1) is 0 Å². The quantitative estimate of drug-likeness (QED) is 0.532. The van der Waals surface area contributed by atoms with E-state index in [4.69, 9.17) is 18.9 Å². The van der Waals surface area contributed by atoms with Crippen LogP contribution in [0.2, 0.25) is 0 Å². The molecule has 4 nitrogen and oxygen atoms in total. The molecule has 0 bridgehead atoms. The molecule has 0 aromatic heterocycles. The first-order chi connectivity index (χ1) is 14.7. The van der Waals surface area contributed by atoms with E-state index in [1.807, 2.05) is 42.5 Å². The summed E-state index contributed by atoms with van der Waals surface area (Å²) in [5.41, 5.74) is 2.33. The Morgan fingerprint density at radius 1 is 0.967 bits per heavy atom. The summed E-state index contributed by atoms with van der Waals surface area (Å²) in [6, 6.07) is 20.6. The Balaban J connectivity index is 1.52. The molecular weight excluding hydrogens is 376 g/mol. The molecule has 1 unspecified atom stereocenters. The van der Waals surface area contributed by atoms with E-state index in [-0.39, 0.29) is 30.3 Å². The summed E-state index contributed by atoms with van der Waals surface area (Å²) in [6.07, 6.45) is 2.98. The predicted octanol–water partition coefficient (Wildman–Crippen LogP) is 5.24. The zero-order valence-corrected chi connectivity index (χ0v) is 17.9. The van der Waals surface area contributed by atoms with Crippen LogP contribution < -0.4 is 0 Å². The molecule has 2 saturated heterocycles. The molecule has 0 aliphatic carbocycles. The minimum absolute atomic E-state index is 0.0333. The molecule has 2 aliphatic heterocycles. The van der Waals surface area contributed by atoms with Gasteiger partial charge in [0.15, 0.2) is 5.79 Å². The van der Waals surface area contributed by atoms with E-state index >= 15 is 0 Å². The summed E-state index contributed by atoms with van der Waals surface area (Å²) in [5.74, 6) is -0.511. The van der Waals surface area contributed by atoms with Gasteiger partial charge in [0, 0.05) is 5.92 Å². The van der Waals surface area contributed by atoms with Crippen LogP contribution in [0.25, 0.3) is 0 Å². The second-order valence-corrected chi connectivity index (χ2v) is 8.09. The molecule has 2 heterocycles. The first-order valence-electron chi connectivity index (χ1n) is 11.0. The highest BCUT2D eigenvalue weighted by Gasteiger charge is 2.58. The van der Waals surface area contributed by atoms with E-state index in [9.17, 15) is 0 Å². The lowest BCUT2D eigenvalue weighted by Gasteiger charge is -2.31. The average Bonchev–Trinajstić information content (AvgIpc) is 3.33. The van der Waals surface area contributed by atoms with Crippen LogP contribution in [-0.2, 0) is 25.6 Å². The second-order valence-electron chi connectivity index (χ2n) is 8.09. The van der Waals surface area contributed by atoms with Crippen LogP contribution in [0.15, 0.2) is 73.3 Å². The molecular formula is C26H32O4. The molecule has 4 rings (SSSR count). The second kappa shape index (κ2) is 9.44. The van der Waals surface area contributed by atoms with Crippen molar-refractivity contribution in [3.05, 3.63) is 84.4 Å². The largest absolute Gasteiger partial charge is 0.374 e. The van der Waals surface area contributed by atoms with Crippen molar-refractivity contribution in [2.24, 2.45) is 0 Å². The normalized spacial score (nSPS) is 28.2. The van der Waals surface area contributed by atoms with Gasteiger partial charge in [-0.2, -0.15) is 0 Å². The minimum Gasteiger partial charge on any atom is -0.374 e. The van der Waals surface area contributed by atoms with E-state index in [1.165, 1.54) is 5.56 Å². The van der Waals surface area contributed by atoms with Crippen LogP contribution in [0.4, 0.5) is 0 Å². The number of fused-ring (bicyclic) bond motifs is 1. The third-order valence-electron chi connectivity index (χ3n) is 6.31. The summed E-state index contributed by atoms with van der Waals surface area (Å²) in [4.78, 5) is 0. The maximum absolute atomic E-state index is 6.53. The summed E-state index contributed by atoms with van der Waals surface area (Å²) < 4.78 is 25.6. The molecule has 30 heavy (non-hydrogen) atoms. The van der Waals surface area contributed by atoms with Crippen molar-refractivity contribution in [2.45, 2.75) is 69.4 Å². The molecule has 0 radical (unpaired) electrons. The summed E-state index contributed by atoms with van der Waals surface area (Å²) >= 11 is 0. The number of rotatable bonds is 9.